The average molecular weight is 295 g/mol. The smallest absolute Gasteiger partial charge is 0.235 e. The summed E-state index contributed by atoms with van der Waals surface area (Å²) in [7, 11) is 0. The zero-order valence-electron chi connectivity index (χ0n) is 7.47. The van der Waals surface area contributed by atoms with E-state index in [1.54, 1.807) is 0 Å². The highest BCUT2D eigenvalue weighted by Crippen LogP contribution is 2.37. The first-order valence-electron chi connectivity index (χ1n) is 4.24. The number of hydrogen-bond acceptors (Lipinski definition) is 2. The maximum atomic E-state index is 13.3. The Labute approximate surface area is 98.7 Å². The van der Waals surface area contributed by atoms with E-state index < -0.39 is 11.3 Å². The lowest BCUT2D eigenvalue weighted by Gasteiger charge is -2.35. The second-order valence-corrected chi connectivity index (χ2v) is 4.59. The summed E-state index contributed by atoms with van der Waals surface area (Å²) in [5, 5.41) is 0. The van der Waals surface area contributed by atoms with Gasteiger partial charge < -0.3 is 0 Å². The molecule has 0 aromatic heterocycles. The Bertz CT molecular complexity index is 418. The summed E-state index contributed by atoms with van der Waals surface area (Å²) >= 11 is 8.86. The molecule has 0 spiro atoms. The molecule has 0 aliphatic carbocycles. The molecule has 3 nitrogen and oxygen atoms in total. The summed E-state index contributed by atoms with van der Waals surface area (Å²) in [4.78, 5) is 23.9. The summed E-state index contributed by atoms with van der Waals surface area (Å²) < 4.78 is 13.4. The molecule has 2 aliphatic heterocycles. The molecular formula is C9H6BrClFNO2. The highest BCUT2D eigenvalue weighted by molar-refractivity contribution is 9.11. The topological polar surface area (TPSA) is 37.4 Å². The first-order valence-corrected chi connectivity index (χ1v) is 5.47. The van der Waals surface area contributed by atoms with Crippen LogP contribution in [0, 0.1) is 0 Å². The van der Waals surface area contributed by atoms with Crippen molar-refractivity contribution in [3.63, 3.8) is 0 Å². The lowest BCUT2D eigenvalue weighted by Crippen LogP contribution is -2.43. The van der Waals surface area contributed by atoms with E-state index in [1.807, 2.05) is 0 Å². The standard InChI is InChI=1S/C9H6BrClFNO2/c10-8-6(12)2-4-1-5(14)3-7(15)13(4)9(8)11/h2,9H,1,3H2. The number of amides is 1. The SMILES string of the molecule is O=C1CC(=O)N2C(=CC(F)=C(Br)C2Cl)C1. The van der Waals surface area contributed by atoms with Gasteiger partial charge in [-0.05, 0) is 22.0 Å². The van der Waals surface area contributed by atoms with E-state index >= 15 is 0 Å². The van der Waals surface area contributed by atoms with Crippen molar-refractivity contribution in [1.82, 2.24) is 4.90 Å². The number of fused-ring (bicyclic) bond motifs is 1. The molecule has 1 atom stereocenters. The quantitative estimate of drug-likeness (QED) is 0.390. The summed E-state index contributed by atoms with van der Waals surface area (Å²) in [5.74, 6) is -1.14. The van der Waals surface area contributed by atoms with Gasteiger partial charge in [-0.3, -0.25) is 14.5 Å². The van der Waals surface area contributed by atoms with Crippen LogP contribution in [0.15, 0.2) is 22.1 Å². The van der Waals surface area contributed by atoms with Crippen molar-refractivity contribution in [3.8, 4) is 0 Å². The highest BCUT2D eigenvalue weighted by atomic mass is 79.9. The molecule has 0 radical (unpaired) electrons. The highest BCUT2D eigenvalue weighted by Gasteiger charge is 2.37. The second kappa shape index (κ2) is 3.72. The molecule has 1 saturated heterocycles. The zero-order chi connectivity index (χ0) is 11.2. The van der Waals surface area contributed by atoms with Crippen LogP contribution in [0.5, 0.6) is 0 Å². The van der Waals surface area contributed by atoms with E-state index in [0.717, 1.165) is 6.08 Å². The molecule has 0 aromatic carbocycles. The molecule has 2 rings (SSSR count). The molecule has 0 bridgehead atoms. The van der Waals surface area contributed by atoms with E-state index in [-0.39, 0.29) is 29.0 Å². The fourth-order valence-electron chi connectivity index (χ4n) is 1.60. The normalized spacial score (nSPS) is 26.7. The third-order valence-corrected chi connectivity index (χ3v) is 3.75. The van der Waals surface area contributed by atoms with Crippen molar-refractivity contribution < 1.29 is 14.0 Å². The number of alkyl halides is 1. The van der Waals surface area contributed by atoms with Crippen LogP contribution < -0.4 is 0 Å². The van der Waals surface area contributed by atoms with E-state index in [4.69, 9.17) is 11.6 Å². The molecule has 0 saturated carbocycles. The molecule has 15 heavy (non-hydrogen) atoms. The van der Waals surface area contributed by atoms with Crippen molar-refractivity contribution in [2.24, 2.45) is 0 Å². The minimum Gasteiger partial charge on any atom is -0.299 e. The molecular weight excluding hydrogens is 288 g/mol. The van der Waals surface area contributed by atoms with E-state index in [1.165, 1.54) is 4.90 Å². The van der Waals surface area contributed by atoms with Gasteiger partial charge in [0.1, 0.15) is 17.1 Å². The molecule has 80 valence electrons. The predicted molar refractivity (Wildman–Crippen MR) is 55.9 cm³/mol. The van der Waals surface area contributed by atoms with Crippen molar-refractivity contribution in [2.45, 2.75) is 18.3 Å². The fourth-order valence-corrected chi connectivity index (χ4v) is 2.26. The van der Waals surface area contributed by atoms with Crippen molar-refractivity contribution >= 4 is 39.2 Å². The van der Waals surface area contributed by atoms with Gasteiger partial charge in [-0.2, -0.15) is 0 Å². The van der Waals surface area contributed by atoms with Gasteiger partial charge in [0.2, 0.25) is 5.91 Å². The monoisotopic (exact) mass is 293 g/mol. The maximum absolute atomic E-state index is 13.3. The van der Waals surface area contributed by atoms with Crippen LogP contribution >= 0.6 is 27.5 Å². The number of piperidine rings is 1. The number of Topliss-reactive ketones (excluding diaryl/α,β-unsaturated/α-hetero) is 1. The Balaban J connectivity index is 2.44. The van der Waals surface area contributed by atoms with E-state index in [9.17, 15) is 14.0 Å². The van der Waals surface area contributed by atoms with Gasteiger partial charge in [-0.1, -0.05) is 11.6 Å². The fraction of sp³-hybridized carbons (Fsp3) is 0.333. The molecule has 1 amide bonds. The molecule has 6 heteroatoms. The van der Waals surface area contributed by atoms with Crippen LogP contribution in [0.3, 0.4) is 0 Å². The van der Waals surface area contributed by atoms with Crippen molar-refractivity contribution in [2.75, 3.05) is 0 Å². The first-order chi connectivity index (χ1) is 7.00. The molecule has 0 aromatic rings. The lowest BCUT2D eigenvalue weighted by atomic mass is 10.0. The van der Waals surface area contributed by atoms with Crippen LogP contribution in [0.2, 0.25) is 0 Å². The number of carbonyl (C=O) groups is 2. The van der Waals surface area contributed by atoms with Gasteiger partial charge in [-0.25, -0.2) is 4.39 Å². The van der Waals surface area contributed by atoms with Crippen LogP contribution in [-0.2, 0) is 9.59 Å². The molecule has 0 N–H and O–H groups in total. The number of carbonyl (C=O) groups excluding carboxylic acids is 2. The molecule has 1 unspecified atom stereocenters. The summed E-state index contributed by atoms with van der Waals surface area (Å²) in [6.07, 6.45) is 1.06. The third-order valence-electron chi connectivity index (χ3n) is 2.26. The average Bonchev–Trinajstić information content (AvgIpc) is 2.13. The number of nitrogens with zero attached hydrogens (tertiary/aromatic N) is 1. The summed E-state index contributed by atoms with van der Waals surface area (Å²) in [5.41, 5.74) is -0.553. The van der Waals surface area contributed by atoms with Crippen molar-refractivity contribution in [1.29, 1.82) is 0 Å². The number of hydrogen-bond donors (Lipinski definition) is 0. The van der Waals surface area contributed by atoms with Gasteiger partial charge in [0.25, 0.3) is 0 Å². The summed E-state index contributed by atoms with van der Waals surface area (Å²) in [6, 6.07) is 0. The second-order valence-electron chi connectivity index (χ2n) is 3.32. The molecule has 2 heterocycles. The third kappa shape index (κ3) is 1.74. The van der Waals surface area contributed by atoms with Crippen LogP contribution in [-0.4, -0.2) is 22.1 Å². The lowest BCUT2D eigenvalue weighted by molar-refractivity contribution is -0.137. The van der Waals surface area contributed by atoms with Gasteiger partial charge in [0.05, 0.1) is 10.9 Å². The Morgan fingerprint density at radius 2 is 2.13 bits per heavy atom. The van der Waals surface area contributed by atoms with E-state index in [0.29, 0.717) is 5.70 Å². The van der Waals surface area contributed by atoms with Crippen LogP contribution in [0.4, 0.5) is 4.39 Å². The Hall–Kier alpha value is -0.680. The predicted octanol–water partition coefficient (Wildman–Crippen LogP) is 2.22. The summed E-state index contributed by atoms with van der Waals surface area (Å²) in [6.45, 7) is 0. The van der Waals surface area contributed by atoms with Crippen LogP contribution in [0.25, 0.3) is 0 Å². The van der Waals surface area contributed by atoms with Gasteiger partial charge >= 0.3 is 0 Å². The minimum atomic E-state index is -0.884. The van der Waals surface area contributed by atoms with Crippen LogP contribution in [0.1, 0.15) is 12.8 Å². The number of halogens is 3. The minimum absolute atomic E-state index is 0.0582. The largest absolute Gasteiger partial charge is 0.299 e. The zero-order valence-corrected chi connectivity index (χ0v) is 9.81. The Kier molecular flexibility index (Phi) is 2.68. The number of ketones is 1. The Morgan fingerprint density at radius 3 is 2.80 bits per heavy atom. The van der Waals surface area contributed by atoms with Gasteiger partial charge in [0, 0.05) is 12.1 Å². The number of allylic oxidation sites excluding steroid dienone is 3. The first kappa shape index (κ1) is 10.8. The van der Waals surface area contributed by atoms with E-state index in [2.05, 4.69) is 15.9 Å². The van der Waals surface area contributed by atoms with Gasteiger partial charge in [0.15, 0.2) is 0 Å². The molecule has 2 aliphatic rings. The Morgan fingerprint density at radius 1 is 1.47 bits per heavy atom. The maximum Gasteiger partial charge on any atom is 0.235 e. The van der Waals surface area contributed by atoms with Crippen molar-refractivity contribution in [3.05, 3.63) is 22.1 Å². The molecule has 1 fully saturated rings. The number of rotatable bonds is 0. The van der Waals surface area contributed by atoms with Gasteiger partial charge in [-0.15, -0.1) is 0 Å².